The number of amides is 1. The van der Waals surface area contributed by atoms with Crippen LogP contribution in [0.4, 0.5) is 0 Å². The topological polar surface area (TPSA) is 46.6 Å². The van der Waals surface area contributed by atoms with Crippen LogP contribution in [-0.4, -0.2) is 37.0 Å². The Morgan fingerprint density at radius 2 is 1.84 bits per heavy atom. The van der Waals surface area contributed by atoms with Crippen molar-refractivity contribution >= 4 is 11.9 Å². The zero-order valence-electron chi connectivity index (χ0n) is 11.6. The second kappa shape index (κ2) is 8.29. The summed E-state index contributed by atoms with van der Waals surface area (Å²) in [6.45, 7) is 3.11. The SMILES string of the molecule is CCCN(CCC(=O)OC)C(=O)Cc1ccccc1. The van der Waals surface area contributed by atoms with Gasteiger partial charge in [0.05, 0.1) is 20.0 Å². The average molecular weight is 263 g/mol. The Morgan fingerprint density at radius 3 is 2.42 bits per heavy atom. The summed E-state index contributed by atoms with van der Waals surface area (Å²) >= 11 is 0. The molecule has 0 saturated heterocycles. The highest BCUT2D eigenvalue weighted by Crippen LogP contribution is 2.05. The highest BCUT2D eigenvalue weighted by atomic mass is 16.5. The molecule has 0 aliphatic carbocycles. The van der Waals surface area contributed by atoms with Crippen LogP contribution >= 0.6 is 0 Å². The second-order valence-electron chi connectivity index (χ2n) is 4.37. The molecule has 1 aromatic carbocycles. The summed E-state index contributed by atoms with van der Waals surface area (Å²) in [6, 6.07) is 9.63. The van der Waals surface area contributed by atoms with E-state index in [2.05, 4.69) is 4.74 Å². The van der Waals surface area contributed by atoms with Gasteiger partial charge in [-0.3, -0.25) is 9.59 Å². The molecular formula is C15H21NO3. The lowest BCUT2D eigenvalue weighted by molar-refractivity contribution is -0.141. The van der Waals surface area contributed by atoms with Crippen molar-refractivity contribution in [3.63, 3.8) is 0 Å². The Morgan fingerprint density at radius 1 is 1.16 bits per heavy atom. The van der Waals surface area contributed by atoms with Crippen LogP contribution < -0.4 is 0 Å². The Labute approximate surface area is 114 Å². The van der Waals surface area contributed by atoms with Crippen LogP contribution in [0.1, 0.15) is 25.3 Å². The normalized spacial score (nSPS) is 10.0. The molecule has 0 aliphatic rings. The largest absolute Gasteiger partial charge is 0.469 e. The van der Waals surface area contributed by atoms with Gasteiger partial charge in [-0.15, -0.1) is 0 Å². The molecule has 0 N–H and O–H groups in total. The summed E-state index contributed by atoms with van der Waals surface area (Å²) in [5, 5.41) is 0. The first-order valence-corrected chi connectivity index (χ1v) is 6.56. The van der Waals surface area contributed by atoms with Crippen molar-refractivity contribution in [3.8, 4) is 0 Å². The van der Waals surface area contributed by atoms with Gasteiger partial charge in [0.15, 0.2) is 0 Å². The Balaban J connectivity index is 2.55. The van der Waals surface area contributed by atoms with Gasteiger partial charge < -0.3 is 9.64 Å². The molecule has 0 bridgehead atoms. The standard InChI is InChI=1S/C15H21NO3/c1-3-10-16(11-9-15(18)19-2)14(17)12-13-7-5-4-6-8-13/h4-8H,3,9-12H2,1-2H3. The molecule has 0 aliphatic heterocycles. The number of rotatable bonds is 7. The van der Waals surface area contributed by atoms with E-state index in [0.29, 0.717) is 19.5 Å². The summed E-state index contributed by atoms with van der Waals surface area (Å²) in [6.07, 6.45) is 1.50. The van der Waals surface area contributed by atoms with Crippen molar-refractivity contribution in [3.05, 3.63) is 35.9 Å². The maximum Gasteiger partial charge on any atom is 0.307 e. The second-order valence-corrected chi connectivity index (χ2v) is 4.37. The van der Waals surface area contributed by atoms with Gasteiger partial charge in [-0.05, 0) is 12.0 Å². The number of carbonyl (C=O) groups excluding carboxylic acids is 2. The number of nitrogens with zero attached hydrogens (tertiary/aromatic N) is 1. The van der Waals surface area contributed by atoms with Gasteiger partial charge >= 0.3 is 5.97 Å². The van der Waals surface area contributed by atoms with Crippen molar-refractivity contribution in [1.82, 2.24) is 4.90 Å². The molecule has 4 nitrogen and oxygen atoms in total. The van der Waals surface area contributed by atoms with Gasteiger partial charge in [0.2, 0.25) is 5.91 Å². The van der Waals surface area contributed by atoms with E-state index in [-0.39, 0.29) is 18.3 Å². The van der Waals surface area contributed by atoms with Crippen LogP contribution in [0.25, 0.3) is 0 Å². The molecule has 0 radical (unpaired) electrons. The maximum atomic E-state index is 12.2. The quantitative estimate of drug-likeness (QED) is 0.707. The van der Waals surface area contributed by atoms with Gasteiger partial charge in [0.1, 0.15) is 0 Å². The lowest BCUT2D eigenvalue weighted by Gasteiger charge is -2.21. The van der Waals surface area contributed by atoms with E-state index in [1.165, 1.54) is 7.11 Å². The van der Waals surface area contributed by atoms with Gasteiger partial charge in [-0.25, -0.2) is 0 Å². The lowest BCUT2D eigenvalue weighted by Crippen LogP contribution is -2.35. The first kappa shape index (κ1) is 15.2. The highest BCUT2D eigenvalue weighted by Gasteiger charge is 2.14. The number of ether oxygens (including phenoxy) is 1. The van der Waals surface area contributed by atoms with Gasteiger partial charge in [-0.2, -0.15) is 0 Å². The predicted octanol–water partition coefficient (Wildman–Crippen LogP) is 2.03. The number of esters is 1. The molecule has 1 amide bonds. The van der Waals surface area contributed by atoms with E-state index in [1.54, 1.807) is 4.90 Å². The molecule has 0 heterocycles. The van der Waals surface area contributed by atoms with Crippen LogP contribution in [-0.2, 0) is 20.7 Å². The van der Waals surface area contributed by atoms with Crippen LogP contribution in [0, 0.1) is 0 Å². The minimum atomic E-state index is -0.284. The summed E-state index contributed by atoms with van der Waals surface area (Å²) < 4.78 is 4.60. The molecule has 0 saturated carbocycles. The molecule has 0 unspecified atom stereocenters. The van der Waals surface area contributed by atoms with Crippen molar-refractivity contribution < 1.29 is 14.3 Å². The number of hydrogen-bond donors (Lipinski definition) is 0. The van der Waals surface area contributed by atoms with E-state index in [0.717, 1.165) is 12.0 Å². The molecular weight excluding hydrogens is 242 g/mol. The number of hydrogen-bond acceptors (Lipinski definition) is 3. The predicted molar refractivity (Wildman–Crippen MR) is 73.7 cm³/mol. The number of methoxy groups -OCH3 is 1. The summed E-state index contributed by atoms with van der Waals surface area (Å²) in [5.74, 6) is -0.231. The van der Waals surface area contributed by atoms with Gasteiger partial charge in [0, 0.05) is 13.1 Å². The highest BCUT2D eigenvalue weighted by molar-refractivity contribution is 5.79. The third-order valence-corrected chi connectivity index (χ3v) is 2.86. The fraction of sp³-hybridized carbons (Fsp3) is 0.467. The van der Waals surface area contributed by atoms with Crippen molar-refractivity contribution in [2.75, 3.05) is 20.2 Å². The Bertz CT molecular complexity index is 403. The van der Waals surface area contributed by atoms with Gasteiger partial charge in [0.25, 0.3) is 0 Å². The number of benzene rings is 1. The lowest BCUT2D eigenvalue weighted by atomic mass is 10.1. The molecule has 104 valence electrons. The molecule has 1 rings (SSSR count). The Hall–Kier alpha value is -1.84. The molecule has 0 aromatic heterocycles. The monoisotopic (exact) mass is 263 g/mol. The molecule has 1 aromatic rings. The summed E-state index contributed by atoms with van der Waals surface area (Å²) in [4.78, 5) is 25.0. The van der Waals surface area contributed by atoms with Crippen LogP contribution in [0.15, 0.2) is 30.3 Å². The molecule has 0 atom stereocenters. The van der Waals surface area contributed by atoms with Crippen LogP contribution in [0.5, 0.6) is 0 Å². The van der Waals surface area contributed by atoms with E-state index < -0.39 is 0 Å². The number of carbonyl (C=O) groups is 2. The summed E-state index contributed by atoms with van der Waals surface area (Å²) in [7, 11) is 1.36. The van der Waals surface area contributed by atoms with Crippen molar-refractivity contribution in [2.45, 2.75) is 26.2 Å². The zero-order valence-corrected chi connectivity index (χ0v) is 11.6. The molecule has 0 fully saturated rings. The smallest absolute Gasteiger partial charge is 0.307 e. The Kier molecular flexibility index (Phi) is 6.64. The third kappa shape index (κ3) is 5.55. The first-order valence-electron chi connectivity index (χ1n) is 6.56. The van der Waals surface area contributed by atoms with Crippen molar-refractivity contribution in [2.24, 2.45) is 0 Å². The maximum absolute atomic E-state index is 12.2. The van der Waals surface area contributed by atoms with E-state index in [1.807, 2.05) is 37.3 Å². The van der Waals surface area contributed by atoms with Crippen molar-refractivity contribution in [1.29, 1.82) is 0 Å². The average Bonchev–Trinajstić information content (AvgIpc) is 2.44. The van der Waals surface area contributed by atoms with E-state index in [9.17, 15) is 9.59 Å². The minimum Gasteiger partial charge on any atom is -0.469 e. The first-order chi connectivity index (χ1) is 9.17. The zero-order chi connectivity index (χ0) is 14.1. The summed E-state index contributed by atoms with van der Waals surface area (Å²) in [5.41, 5.74) is 0.992. The fourth-order valence-electron chi connectivity index (χ4n) is 1.84. The molecule has 0 spiro atoms. The minimum absolute atomic E-state index is 0.0527. The molecule has 4 heteroatoms. The van der Waals surface area contributed by atoms with Crippen LogP contribution in [0.3, 0.4) is 0 Å². The molecule has 19 heavy (non-hydrogen) atoms. The van der Waals surface area contributed by atoms with Crippen LogP contribution in [0.2, 0.25) is 0 Å². The van der Waals surface area contributed by atoms with E-state index in [4.69, 9.17) is 0 Å². The fourth-order valence-corrected chi connectivity index (χ4v) is 1.84. The van der Waals surface area contributed by atoms with Gasteiger partial charge in [-0.1, -0.05) is 37.3 Å². The third-order valence-electron chi connectivity index (χ3n) is 2.86. The van der Waals surface area contributed by atoms with E-state index >= 15 is 0 Å².